The van der Waals surface area contributed by atoms with Crippen molar-refractivity contribution in [2.45, 2.75) is 0 Å². The molecule has 0 saturated carbocycles. The minimum atomic E-state index is -0.0669. The molecule has 0 radical (unpaired) electrons. The Kier molecular flexibility index (Phi) is 4.99. The fourth-order valence-corrected chi connectivity index (χ4v) is 3.06. The van der Waals surface area contributed by atoms with Crippen molar-refractivity contribution >= 4 is 28.3 Å². The second-order valence-corrected chi connectivity index (χ2v) is 6.21. The smallest absolute Gasteiger partial charge is 0.253 e. The highest BCUT2D eigenvalue weighted by Gasteiger charge is 2.23. The zero-order valence-corrected chi connectivity index (χ0v) is 13.5. The predicted octanol–water partition coefficient (Wildman–Crippen LogP) is 1.54. The third-order valence-corrected chi connectivity index (χ3v) is 4.41. The van der Waals surface area contributed by atoms with Gasteiger partial charge in [-0.1, -0.05) is 18.2 Å². The average molecular weight is 330 g/mol. The van der Waals surface area contributed by atoms with Gasteiger partial charge in [0.25, 0.3) is 5.91 Å². The quantitative estimate of drug-likeness (QED) is 0.923. The molecule has 1 saturated heterocycles. The van der Waals surface area contributed by atoms with Crippen molar-refractivity contribution in [2.75, 3.05) is 38.0 Å². The molecule has 0 aliphatic carbocycles. The van der Waals surface area contributed by atoms with E-state index in [-0.39, 0.29) is 11.8 Å². The Labute approximate surface area is 138 Å². The number of carbonyl (C=O) groups excluding carboxylic acids is 2. The van der Waals surface area contributed by atoms with E-state index in [1.807, 2.05) is 40.6 Å². The minimum absolute atomic E-state index is 0.0532. The SMILES string of the molecule is O=C(CN1CCN(C(=O)c2ccccc2)CC1)Nc1nccs1. The van der Waals surface area contributed by atoms with Gasteiger partial charge >= 0.3 is 0 Å². The Bertz CT molecular complexity index is 652. The molecule has 1 fully saturated rings. The third-order valence-electron chi connectivity index (χ3n) is 3.73. The Morgan fingerprint density at radius 1 is 1.13 bits per heavy atom. The number of rotatable bonds is 4. The lowest BCUT2D eigenvalue weighted by atomic mass is 10.2. The standard InChI is InChI=1S/C16H18N4O2S/c21-14(18-16-17-6-11-23-16)12-19-7-9-20(10-8-19)15(22)13-4-2-1-3-5-13/h1-6,11H,7-10,12H2,(H,17,18,21). The van der Waals surface area contributed by atoms with Crippen LogP contribution in [0.1, 0.15) is 10.4 Å². The monoisotopic (exact) mass is 330 g/mol. The van der Waals surface area contributed by atoms with E-state index < -0.39 is 0 Å². The van der Waals surface area contributed by atoms with Crippen molar-refractivity contribution in [1.29, 1.82) is 0 Å². The van der Waals surface area contributed by atoms with Crippen molar-refractivity contribution in [3.05, 3.63) is 47.5 Å². The van der Waals surface area contributed by atoms with Crippen LogP contribution in [0.5, 0.6) is 0 Å². The second kappa shape index (κ2) is 7.34. The number of nitrogens with zero attached hydrogens (tertiary/aromatic N) is 3. The Morgan fingerprint density at radius 3 is 2.52 bits per heavy atom. The maximum atomic E-state index is 12.4. The number of carbonyl (C=O) groups is 2. The molecule has 120 valence electrons. The van der Waals surface area contributed by atoms with E-state index in [9.17, 15) is 9.59 Å². The number of aromatic nitrogens is 1. The molecule has 1 aliphatic rings. The molecular formula is C16H18N4O2S. The summed E-state index contributed by atoms with van der Waals surface area (Å²) in [5, 5.41) is 5.22. The van der Waals surface area contributed by atoms with E-state index in [4.69, 9.17) is 0 Å². The number of amides is 2. The third kappa shape index (κ3) is 4.14. The van der Waals surface area contributed by atoms with Gasteiger partial charge in [0.05, 0.1) is 6.54 Å². The molecule has 23 heavy (non-hydrogen) atoms. The van der Waals surface area contributed by atoms with Gasteiger partial charge in [0.2, 0.25) is 5.91 Å². The highest BCUT2D eigenvalue weighted by atomic mass is 32.1. The van der Waals surface area contributed by atoms with Crippen LogP contribution in [-0.2, 0) is 4.79 Å². The molecule has 1 aromatic heterocycles. The normalized spacial score (nSPS) is 15.4. The summed E-state index contributed by atoms with van der Waals surface area (Å²) in [7, 11) is 0. The van der Waals surface area contributed by atoms with Gasteiger partial charge in [-0.15, -0.1) is 11.3 Å². The summed E-state index contributed by atoms with van der Waals surface area (Å²) in [6.45, 7) is 3.00. The number of hydrogen-bond donors (Lipinski definition) is 1. The number of nitrogens with one attached hydrogen (secondary N) is 1. The lowest BCUT2D eigenvalue weighted by Crippen LogP contribution is -2.50. The van der Waals surface area contributed by atoms with Crippen LogP contribution in [0, 0.1) is 0 Å². The first-order valence-electron chi connectivity index (χ1n) is 7.48. The molecule has 2 aromatic rings. The van der Waals surface area contributed by atoms with E-state index in [1.165, 1.54) is 11.3 Å². The van der Waals surface area contributed by atoms with Crippen LogP contribution >= 0.6 is 11.3 Å². The van der Waals surface area contributed by atoms with Crippen molar-refractivity contribution in [3.8, 4) is 0 Å². The highest BCUT2D eigenvalue weighted by molar-refractivity contribution is 7.13. The molecule has 0 unspecified atom stereocenters. The lowest BCUT2D eigenvalue weighted by molar-refractivity contribution is -0.117. The van der Waals surface area contributed by atoms with Gasteiger partial charge in [0.1, 0.15) is 0 Å². The summed E-state index contributed by atoms with van der Waals surface area (Å²) in [4.78, 5) is 32.2. The zero-order valence-electron chi connectivity index (χ0n) is 12.6. The van der Waals surface area contributed by atoms with E-state index in [0.717, 1.165) is 0 Å². The summed E-state index contributed by atoms with van der Waals surface area (Å²) >= 11 is 1.40. The minimum Gasteiger partial charge on any atom is -0.336 e. The first-order chi connectivity index (χ1) is 11.2. The van der Waals surface area contributed by atoms with Gasteiger partial charge in [-0.25, -0.2) is 4.98 Å². The summed E-state index contributed by atoms with van der Waals surface area (Å²) < 4.78 is 0. The molecule has 2 amide bonds. The van der Waals surface area contributed by atoms with Gasteiger partial charge in [0.15, 0.2) is 5.13 Å². The molecule has 0 atom stereocenters. The lowest BCUT2D eigenvalue weighted by Gasteiger charge is -2.34. The maximum absolute atomic E-state index is 12.4. The van der Waals surface area contributed by atoms with Crippen LogP contribution in [0.15, 0.2) is 41.9 Å². The van der Waals surface area contributed by atoms with Gasteiger partial charge in [-0.05, 0) is 12.1 Å². The van der Waals surface area contributed by atoms with Crippen LogP contribution in [0.2, 0.25) is 0 Å². The summed E-state index contributed by atoms with van der Waals surface area (Å²) in [5.74, 6) is -0.0136. The van der Waals surface area contributed by atoms with Crippen molar-refractivity contribution in [3.63, 3.8) is 0 Å². The first kappa shape index (κ1) is 15.6. The fourth-order valence-electron chi connectivity index (χ4n) is 2.52. The number of hydrogen-bond acceptors (Lipinski definition) is 5. The van der Waals surface area contributed by atoms with Crippen LogP contribution in [0.3, 0.4) is 0 Å². The predicted molar refractivity (Wildman–Crippen MR) is 89.5 cm³/mol. The molecular weight excluding hydrogens is 312 g/mol. The fraction of sp³-hybridized carbons (Fsp3) is 0.312. The summed E-state index contributed by atoms with van der Waals surface area (Å²) in [6.07, 6.45) is 1.66. The molecule has 7 heteroatoms. The largest absolute Gasteiger partial charge is 0.336 e. The van der Waals surface area contributed by atoms with Crippen LogP contribution < -0.4 is 5.32 Å². The summed E-state index contributed by atoms with van der Waals surface area (Å²) in [5.41, 5.74) is 0.711. The Morgan fingerprint density at radius 2 is 1.87 bits per heavy atom. The van der Waals surface area contributed by atoms with Gasteiger partial charge < -0.3 is 10.2 Å². The first-order valence-corrected chi connectivity index (χ1v) is 8.36. The van der Waals surface area contributed by atoms with Crippen molar-refractivity contribution in [2.24, 2.45) is 0 Å². The topological polar surface area (TPSA) is 65.5 Å². The van der Waals surface area contributed by atoms with Gasteiger partial charge in [-0.2, -0.15) is 0 Å². The molecule has 0 spiro atoms. The summed E-state index contributed by atoms with van der Waals surface area (Å²) in [6, 6.07) is 9.29. The number of benzene rings is 1. The molecule has 1 N–H and O–H groups in total. The van der Waals surface area contributed by atoms with Crippen LogP contribution in [-0.4, -0.2) is 59.3 Å². The van der Waals surface area contributed by atoms with Crippen molar-refractivity contribution in [1.82, 2.24) is 14.8 Å². The van der Waals surface area contributed by atoms with Crippen molar-refractivity contribution < 1.29 is 9.59 Å². The Balaban J connectivity index is 1.47. The number of piperazine rings is 1. The second-order valence-electron chi connectivity index (χ2n) is 5.32. The van der Waals surface area contributed by atoms with E-state index in [2.05, 4.69) is 15.2 Å². The van der Waals surface area contributed by atoms with Gasteiger partial charge in [-0.3, -0.25) is 14.5 Å². The molecule has 2 heterocycles. The van der Waals surface area contributed by atoms with Crippen LogP contribution in [0.25, 0.3) is 0 Å². The molecule has 1 aromatic carbocycles. The molecule has 0 bridgehead atoms. The molecule has 3 rings (SSSR count). The number of anilines is 1. The van der Waals surface area contributed by atoms with Gasteiger partial charge in [0, 0.05) is 43.3 Å². The number of thiazole rings is 1. The van der Waals surface area contributed by atoms with E-state index in [0.29, 0.717) is 43.4 Å². The maximum Gasteiger partial charge on any atom is 0.253 e. The van der Waals surface area contributed by atoms with E-state index >= 15 is 0 Å². The van der Waals surface area contributed by atoms with E-state index in [1.54, 1.807) is 6.20 Å². The zero-order chi connectivity index (χ0) is 16.1. The Hall–Kier alpha value is -2.25. The molecule has 6 nitrogen and oxygen atoms in total. The highest BCUT2D eigenvalue weighted by Crippen LogP contribution is 2.11. The average Bonchev–Trinajstić information content (AvgIpc) is 3.08. The van der Waals surface area contributed by atoms with Crippen LogP contribution in [0.4, 0.5) is 5.13 Å². The molecule has 1 aliphatic heterocycles.